The number of hydrogen-bond acceptors (Lipinski definition) is 3. The van der Waals surface area contributed by atoms with E-state index in [9.17, 15) is 0 Å². The van der Waals surface area contributed by atoms with Crippen LogP contribution in [0.2, 0.25) is 0 Å². The smallest absolute Gasteiger partial charge is 0.134 e. The molecule has 3 rings (SSSR count). The van der Waals surface area contributed by atoms with Crippen molar-refractivity contribution in [3.8, 4) is 0 Å². The van der Waals surface area contributed by atoms with E-state index in [1.54, 1.807) is 0 Å². The Morgan fingerprint density at radius 2 is 2.18 bits per heavy atom. The third kappa shape index (κ3) is 1.58. The van der Waals surface area contributed by atoms with Gasteiger partial charge in [-0.3, -0.25) is 0 Å². The van der Waals surface area contributed by atoms with E-state index in [2.05, 4.69) is 31.0 Å². The average molecular weight is 230 g/mol. The van der Waals surface area contributed by atoms with Crippen molar-refractivity contribution in [2.75, 3.05) is 13.6 Å². The summed E-state index contributed by atoms with van der Waals surface area (Å²) in [7, 11) is 2.15. The quantitative estimate of drug-likeness (QED) is 0.816. The Morgan fingerprint density at radius 1 is 1.35 bits per heavy atom. The average Bonchev–Trinajstić information content (AvgIpc) is 2.56. The summed E-state index contributed by atoms with van der Waals surface area (Å²) >= 11 is 0. The predicted molar refractivity (Wildman–Crippen MR) is 68.9 cm³/mol. The first kappa shape index (κ1) is 10.8. The van der Waals surface area contributed by atoms with Crippen molar-refractivity contribution in [1.29, 1.82) is 0 Å². The summed E-state index contributed by atoms with van der Waals surface area (Å²) in [5, 5.41) is 1.31. The summed E-state index contributed by atoms with van der Waals surface area (Å²) in [6.45, 7) is 4.70. The summed E-state index contributed by atoms with van der Waals surface area (Å²) in [6.07, 6.45) is 1.09. The maximum Gasteiger partial charge on any atom is 0.134 e. The third-order valence-corrected chi connectivity index (χ3v) is 3.74. The van der Waals surface area contributed by atoms with Gasteiger partial charge in [0.2, 0.25) is 0 Å². The highest BCUT2D eigenvalue weighted by Gasteiger charge is 2.21. The number of furan rings is 1. The van der Waals surface area contributed by atoms with Crippen LogP contribution in [0.25, 0.3) is 11.0 Å². The molecule has 90 valence electrons. The zero-order chi connectivity index (χ0) is 12.0. The normalized spacial score (nSPS) is 16.4. The van der Waals surface area contributed by atoms with Crippen molar-refractivity contribution in [2.24, 2.45) is 5.73 Å². The Hall–Kier alpha value is -1.32. The molecular weight excluding hydrogens is 212 g/mol. The Labute approximate surface area is 101 Å². The minimum Gasteiger partial charge on any atom is -0.459 e. The van der Waals surface area contributed by atoms with Gasteiger partial charge < -0.3 is 15.1 Å². The first-order valence-electron chi connectivity index (χ1n) is 6.12. The van der Waals surface area contributed by atoms with Crippen molar-refractivity contribution in [2.45, 2.75) is 26.4 Å². The van der Waals surface area contributed by atoms with Gasteiger partial charge in [-0.1, -0.05) is 6.07 Å². The van der Waals surface area contributed by atoms with Gasteiger partial charge in [0.25, 0.3) is 0 Å². The van der Waals surface area contributed by atoms with Gasteiger partial charge in [-0.25, -0.2) is 0 Å². The lowest BCUT2D eigenvalue weighted by atomic mass is 9.99. The van der Waals surface area contributed by atoms with Gasteiger partial charge in [0, 0.05) is 24.0 Å². The second-order valence-corrected chi connectivity index (χ2v) is 4.93. The molecule has 0 bridgehead atoms. The standard InChI is InChI=1S/C14H18N2O/c1-9-3-4-12-14-10(9)5-6-16(2)8-11(14)13(7-15)17-12/h3-4H,5-8,15H2,1-2H3. The maximum atomic E-state index is 5.87. The van der Waals surface area contributed by atoms with Crippen LogP contribution < -0.4 is 5.73 Å². The highest BCUT2D eigenvalue weighted by molar-refractivity contribution is 5.87. The minimum atomic E-state index is 0.482. The summed E-state index contributed by atoms with van der Waals surface area (Å²) in [4.78, 5) is 2.34. The molecule has 1 aliphatic rings. The molecule has 0 saturated carbocycles. The number of aryl methyl sites for hydroxylation is 1. The van der Waals surface area contributed by atoms with E-state index in [0.717, 1.165) is 30.9 Å². The van der Waals surface area contributed by atoms with Gasteiger partial charge in [-0.05, 0) is 37.6 Å². The molecule has 2 aromatic rings. The first-order valence-corrected chi connectivity index (χ1v) is 6.12. The van der Waals surface area contributed by atoms with Gasteiger partial charge in [0.15, 0.2) is 0 Å². The fraction of sp³-hybridized carbons (Fsp3) is 0.429. The van der Waals surface area contributed by atoms with Gasteiger partial charge in [0.1, 0.15) is 11.3 Å². The second-order valence-electron chi connectivity index (χ2n) is 4.93. The zero-order valence-electron chi connectivity index (χ0n) is 10.4. The van der Waals surface area contributed by atoms with Crippen LogP contribution in [-0.2, 0) is 19.5 Å². The first-order chi connectivity index (χ1) is 8.20. The monoisotopic (exact) mass is 230 g/mol. The molecule has 0 aliphatic carbocycles. The Kier molecular flexibility index (Phi) is 2.45. The minimum absolute atomic E-state index is 0.482. The van der Waals surface area contributed by atoms with Crippen LogP contribution in [0, 0.1) is 6.92 Å². The van der Waals surface area contributed by atoms with E-state index >= 15 is 0 Å². The molecule has 2 heterocycles. The number of nitrogens with zero attached hydrogens (tertiary/aromatic N) is 1. The molecule has 3 heteroatoms. The van der Waals surface area contributed by atoms with Crippen LogP contribution in [0.4, 0.5) is 0 Å². The molecule has 0 saturated heterocycles. The summed E-state index contributed by atoms with van der Waals surface area (Å²) in [5.74, 6) is 0.945. The third-order valence-electron chi connectivity index (χ3n) is 3.74. The topological polar surface area (TPSA) is 42.4 Å². The molecule has 0 unspecified atom stereocenters. The number of likely N-dealkylation sites (N-methyl/N-ethyl adjacent to an activating group) is 1. The Balaban J connectivity index is 2.35. The SMILES string of the molecule is Cc1ccc2oc(CN)c3c2c1CCN(C)C3. The molecule has 1 aliphatic heterocycles. The fourth-order valence-corrected chi connectivity index (χ4v) is 2.79. The van der Waals surface area contributed by atoms with Crippen LogP contribution in [0.3, 0.4) is 0 Å². The van der Waals surface area contributed by atoms with E-state index in [1.807, 2.05) is 0 Å². The number of benzene rings is 1. The van der Waals surface area contributed by atoms with E-state index in [1.165, 1.54) is 22.1 Å². The van der Waals surface area contributed by atoms with Crippen molar-refractivity contribution >= 4 is 11.0 Å². The summed E-state index contributed by atoms with van der Waals surface area (Å²) < 4.78 is 5.87. The van der Waals surface area contributed by atoms with Crippen molar-refractivity contribution in [3.63, 3.8) is 0 Å². The molecule has 2 N–H and O–H groups in total. The zero-order valence-corrected chi connectivity index (χ0v) is 10.4. The number of hydrogen-bond donors (Lipinski definition) is 1. The lowest BCUT2D eigenvalue weighted by molar-refractivity contribution is 0.332. The van der Waals surface area contributed by atoms with Gasteiger partial charge >= 0.3 is 0 Å². The summed E-state index contributed by atoms with van der Waals surface area (Å²) in [6, 6.07) is 4.22. The van der Waals surface area contributed by atoms with Gasteiger partial charge in [-0.15, -0.1) is 0 Å². The summed E-state index contributed by atoms with van der Waals surface area (Å²) in [5.41, 5.74) is 10.9. The molecule has 3 nitrogen and oxygen atoms in total. The lowest BCUT2D eigenvalue weighted by Crippen LogP contribution is -2.19. The number of nitrogens with two attached hydrogens (primary N) is 1. The van der Waals surface area contributed by atoms with E-state index in [0.29, 0.717) is 6.54 Å². The second kappa shape index (κ2) is 3.86. The van der Waals surface area contributed by atoms with Crippen molar-refractivity contribution < 1.29 is 4.42 Å². The molecule has 0 fully saturated rings. The molecule has 0 radical (unpaired) electrons. The van der Waals surface area contributed by atoms with Crippen LogP contribution in [0.15, 0.2) is 16.5 Å². The molecule has 17 heavy (non-hydrogen) atoms. The van der Waals surface area contributed by atoms with E-state index in [-0.39, 0.29) is 0 Å². The molecular formula is C14H18N2O. The highest BCUT2D eigenvalue weighted by Crippen LogP contribution is 2.33. The van der Waals surface area contributed by atoms with E-state index < -0.39 is 0 Å². The van der Waals surface area contributed by atoms with Crippen LogP contribution in [-0.4, -0.2) is 18.5 Å². The fourth-order valence-electron chi connectivity index (χ4n) is 2.79. The highest BCUT2D eigenvalue weighted by atomic mass is 16.3. The molecule has 1 aromatic carbocycles. The van der Waals surface area contributed by atoms with E-state index in [4.69, 9.17) is 10.2 Å². The van der Waals surface area contributed by atoms with Crippen molar-refractivity contribution in [1.82, 2.24) is 4.90 Å². The van der Waals surface area contributed by atoms with Gasteiger partial charge in [-0.2, -0.15) is 0 Å². The van der Waals surface area contributed by atoms with Crippen LogP contribution in [0.1, 0.15) is 22.5 Å². The van der Waals surface area contributed by atoms with Crippen molar-refractivity contribution in [3.05, 3.63) is 34.6 Å². The Morgan fingerprint density at radius 3 is 2.94 bits per heavy atom. The molecule has 0 amide bonds. The molecule has 0 spiro atoms. The maximum absolute atomic E-state index is 5.87. The van der Waals surface area contributed by atoms with Crippen LogP contribution in [0.5, 0.6) is 0 Å². The predicted octanol–water partition coefficient (Wildman–Crippen LogP) is 2.19. The number of rotatable bonds is 1. The molecule has 0 atom stereocenters. The van der Waals surface area contributed by atoms with Gasteiger partial charge in [0.05, 0.1) is 6.54 Å². The largest absolute Gasteiger partial charge is 0.459 e. The van der Waals surface area contributed by atoms with Crippen LogP contribution >= 0.6 is 0 Å². The molecule has 1 aromatic heterocycles. The lowest BCUT2D eigenvalue weighted by Gasteiger charge is -2.13. The Bertz CT molecular complexity index is 571.